The van der Waals surface area contributed by atoms with Crippen molar-refractivity contribution in [3.8, 4) is 0 Å². The first kappa shape index (κ1) is 22.8. The van der Waals surface area contributed by atoms with Crippen LogP contribution in [0.4, 0.5) is 10.1 Å². The lowest BCUT2D eigenvalue weighted by atomic mass is 10.2. The van der Waals surface area contributed by atoms with Crippen LogP contribution in [0.25, 0.3) is 0 Å². The predicted octanol–water partition coefficient (Wildman–Crippen LogP) is 3.30. The maximum absolute atomic E-state index is 13.0. The van der Waals surface area contributed by atoms with E-state index in [1.54, 1.807) is 13.8 Å². The molecule has 2 aromatic carbocycles. The summed E-state index contributed by atoms with van der Waals surface area (Å²) in [5.74, 6) is -2.11. The third-order valence-corrected chi connectivity index (χ3v) is 6.36. The Kier molecular flexibility index (Phi) is 7.34. The quantitative estimate of drug-likeness (QED) is 0.664. The van der Waals surface area contributed by atoms with E-state index in [-0.39, 0.29) is 27.2 Å². The van der Waals surface area contributed by atoms with Gasteiger partial charge in [0.05, 0.1) is 21.2 Å². The van der Waals surface area contributed by atoms with Crippen LogP contribution in [0.3, 0.4) is 0 Å². The Morgan fingerprint density at radius 2 is 1.90 bits per heavy atom. The first-order valence-corrected chi connectivity index (χ1v) is 10.3. The zero-order valence-electron chi connectivity index (χ0n) is 16.0. The molecule has 156 valence electrons. The summed E-state index contributed by atoms with van der Waals surface area (Å²) < 4.78 is 44.2. The molecule has 2 aromatic rings. The summed E-state index contributed by atoms with van der Waals surface area (Å²) in [6.07, 6.45) is 0. The second kappa shape index (κ2) is 9.34. The number of rotatable bonds is 7. The molecule has 0 aliphatic heterocycles. The molecule has 0 radical (unpaired) electrons. The van der Waals surface area contributed by atoms with Gasteiger partial charge in [0, 0.05) is 13.1 Å². The molecule has 0 spiro atoms. The highest BCUT2D eigenvalue weighted by Crippen LogP contribution is 2.22. The molecule has 29 heavy (non-hydrogen) atoms. The molecule has 0 bridgehead atoms. The van der Waals surface area contributed by atoms with Crippen molar-refractivity contribution >= 4 is 39.2 Å². The summed E-state index contributed by atoms with van der Waals surface area (Å²) in [6, 6.07) is 8.51. The normalized spacial score (nSPS) is 11.6. The van der Waals surface area contributed by atoms with Crippen LogP contribution in [-0.4, -0.2) is 44.3 Å². The fourth-order valence-corrected chi connectivity index (χ4v) is 3.85. The number of hydrogen-bond acceptors (Lipinski definition) is 5. The van der Waals surface area contributed by atoms with Crippen LogP contribution in [0.5, 0.6) is 0 Å². The van der Waals surface area contributed by atoms with Crippen molar-refractivity contribution < 1.29 is 27.1 Å². The van der Waals surface area contributed by atoms with E-state index in [0.717, 1.165) is 12.1 Å². The highest BCUT2D eigenvalue weighted by Gasteiger charge is 2.24. The maximum atomic E-state index is 13.0. The maximum Gasteiger partial charge on any atom is 0.338 e. The highest BCUT2D eigenvalue weighted by atomic mass is 35.5. The first-order valence-electron chi connectivity index (χ1n) is 8.52. The molecular formula is C19H20ClFN2O5S. The topological polar surface area (TPSA) is 92.8 Å². The molecule has 0 aliphatic rings. The van der Waals surface area contributed by atoms with E-state index in [0.29, 0.717) is 0 Å². The molecule has 10 heteroatoms. The molecule has 1 amide bonds. The lowest BCUT2D eigenvalue weighted by Gasteiger charge is -2.21. The third kappa shape index (κ3) is 5.75. The average Bonchev–Trinajstić information content (AvgIpc) is 2.67. The SMILES string of the molecule is CC(C)N(C)S(=O)(=O)c1cccc(C(=O)OCC(=O)Nc2ccc(F)cc2Cl)c1. The van der Waals surface area contributed by atoms with Crippen molar-refractivity contribution in [1.29, 1.82) is 0 Å². The number of anilines is 1. The van der Waals surface area contributed by atoms with E-state index >= 15 is 0 Å². The standard InChI is InChI=1S/C19H20ClFN2O5S/c1-12(2)23(3)29(26,27)15-6-4-5-13(9-15)19(25)28-11-18(24)22-17-8-7-14(21)10-16(17)20/h4-10,12H,11H2,1-3H3,(H,22,24). The summed E-state index contributed by atoms with van der Waals surface area (Å²) >= 11 is 5.82. The van der Waals surface area contributed by atoms with Gasteiger partial charge in [-0.25, -0.2) is 17.6 Å². The average molecular weight is 443 g/mol. The van der Waals surface area contributed by atoms with E-state index in [2.05, 4.69) is 5.32 Å². The molecule has 0 atom stereocenters. The number of carbonyl (C=O) groups is 2. The molecular weight excluding hydrogens is 423 g/mol. The largest absolute Gasteiger partial charge is 0.452 e. The van der Waals surface area contributed by atoms with Gasteiger partial charge in [-0.05, 0) is 50.2 Å². The molecule has 0 saturated heterocycles. The Morgan fingerprint density at radius 3 is 2.52 bits per heavy atom. The fraction of sp³-hybridized carbons (Fsp3) is 0.263. The molecule has 0 fully saturated rings. The number of benzene rings is 2. The van der Waals surface area contributed by atoms with Crippen molar-refractivity contribution in [3.05, 3.63) is 58.9 Å². The summed E-state index contributed by atoms with van der Waals surface area (Å²) in [7, 11) is -2.33. The number of nitrogens with zero attached hydrogens (tertiary/aromatic N) is 1. The van der Waals surface area contributed by atoms with E-state index < -0.39 is 34.3 Å². The molecule has 2 rings (SSSR count). The Bertz CT molecular complexity index is 1030. The minimum atomic E-state index is -3.77. The number of carbonyl (C=O) groups excluding carboxylic acids is 2. The summed E-state index contributed by atoms with van der Waals surface area (Å²) in [5.41, 5.74) is 0.148. The molecule has 0 saturated carbocycles. The number of nitrogens with one attached hydrogen (secondary N) is 1. The van der Waals surface area contributed by atoms with Gasteiger partial charge in [0.1, 0.15) is 5.82 Å². The minimum absolute atomic E-state index is 0.00291. The van der Waals surface area contributed by atoms with Crippen LogP contribution in [0.1, 0.15) is 24.2 Å². The van der Waals surface area contributed by atoms with Crippen LogP contribution in [0.2, 0.25) is 5.02 Å². The Morgan fingerprint density at radius 1 is 1.21 bits per heavy atom. The van der Waals surface area contributed by atoms with Gasteiger partial charge >= 0.3 is 5.97 Å². The fourth-order valence-electron chi connectivity index (χ4n) is 2.22. The summed E-state index contributed by atoms with van der Waals surface area (Å²) in [5, 5.41) is 2.39. The summed E-state index contributed by atoms with van der Waals surface area (Å²) in [6.45, 7) is 2.82. The van der Waals surface area contributed by atoms with Gasteiger partial charge in [0.15, 0.2) is 6.61 Å². The molecule has 1 N–H and O–H groups in total. The van der Waals surface area contributed by atoms with Crippen LogP contribution in [0, 0.1) is 5.82 Å². The van der Waals surface area contributed by atoms with Crippen molar-refractivity contribution in [2.75, 3.05) is 19.0 Å². The van der Waals surface area contributed by atoms with Gasteiger partial charge in [0.2, 0.25) is 10.0 Å². The van der Waals surface area contributed by atoms with Crippen molar-refractivity contribution in [3.63, 3.8) is 0 Å². The van der Waals surface area contributed by atoms with E-state index in [9.17, 15) is 22.4 Å². The van der Waals surface area contributed by atoms with Crippen LogP contribution in [0.15, 0.2) is 47.4 Å². The van der Waals surface area contributed by atoms with Gasteiger partial charge in [-0.1, -0.05) is 17.7 Å². The lowest BCUT2D eigenvalue weighted by Crippen LogP contribution is -2.33. The van der Waals surface area contributed by atoms with E-state index in [1.165, 1.54) is 41.7 Å². The van der Waals surface area contributed by atoms with E-state index in [4.69, 9.17) is 16.3 Å². The Labute approximate surface area is 173 Å². The van der Waals surface area contributed by atoms with Crippen LogP contribution < -0.4 is 5.32 Å². The van der Waals surface area contributed by atoms with Crippen molar-refractivity contribution in [2.45, 2.75) is 24.8 Å². The number of hydrogen-bond donors (Lipinski definition) is 1. The number of sulfonamides is 1. The number of esters is 1. The van der Waals surface area contributed by atoms with Crippen molar-refractivity contribution in [2.24, 2.45) is 0 Å². The molecule has 7 nitrogen and oxygen atoms in total. The second-order valence-electron chi connectivity index (χ2n) is 6.39. The van der Waals surface area contributed by atoms with Gasteiger partial charge in [-0.15, -0.1) is 0 Å². The zero-order valence-corrected chi connectivity index (χ0v) is 17.6. The second-order valence-corrected chi connectivity index (χ2v) is 8.80. The highest BCUT2D eigenvalue weighted by molar-refractivity contribution is 7.89. The Balaban J connectivity index is 2.05. The third-order valence-electron chi connectivity index (χ3n) is 4.01. The predicted molar refractivity (Wildman–Crippen MR) is 107 cm³/mol. The first-order chi connectivity index (χ1) is 13.5. The zero-order chi connectivity index (χ0) is 21.8. The molecule has 0 aromatic heterocycles. The smallest absolute Gasteiger partial charge is 0.338 e. The van der Waals surface area contributed by atoms with Gasteiger partial charge in [-0.2, -0.15) is 4.31 Å². The monoisotopic (exact) mass is 442 g/mol. The minimum Gasteiger partial charge on any atom is -0.452 e. The van der Waals surface area contributed by atoms with Gasteiger partial charge in [-0.3, -0.25) is 4.79 Å². The van der Waals surface area contributed by atoms with E-state index in [1.807, 2.05) is 0 Å². The molecule has 0 aliphatic carbocycles. The van der Waals surface area contributed by atoms with Gasteiger partial charge in [0.25, 0.3) is 5.91 Å². The summed E-state index contributed by atoms with van der Waals surface area (Å²) in [4.78, 5) is 24.1. The number of amides is 1. The van der Waals surface area contributed by atoms with Crippen LogP contribution in [-0.2, 0) is 19.6 Å². The Hall–Kier alpha value is -2.49. The molecule has 0 heterocycles. The number of ether oxygens (including phenoxy) is 1. The van der Waals surface area contributed by atoms with Crippen molar-refractivity contribution in [1.82, 2.24) is 4.31 Å². The van der Waals surface area contributed by atoms with Crippen LogP contribution >= 0.6 is 11.6 Å². The number of halogens is 2. The lowest BCUT2D eigenvalue weighted by molar-refractivity contribution is -0.119. The molecule has 0 unspecified atom stereocenters. The van der Waals surface area contributed by atoms with Gasteiger partial charge < -0.3 is 10.1 Å².